The maximum Gasteiger partial charge on any atom is 0.573 e. The third-order valence-electron chi connectivity index (χ3n) is 5.44. The van der Waals surface area contributed by atoms with Crippen molar-refractivity contribution in [1.82, 2.24) is 9.88 Å². The summed E-state index contributed by atoms with van der Waals surface area (Å²) in [5.74, 6) is -0.449. The Balaban J connectivity index is 2.02. The lowest BCUT2D eigenvalue weighted by atomic mass is 10.1. The Morgan fingerprint density at radius 1 is 1.09 bits per heavy atom. The van der Waals surface area contributed by atoms with Gasteiger partial charge in [0.05, 0.1) is 19.0 Å². The number of nitrogens with zero attached hydrogens (tertiary/aromatic N) is 1. The summed E-state index contributed by atoms with van der Waals surface area (Å²) in [4.78, 5) is 25.9. The summed E-state index contributed by atoms with van der Waals surface area (Å²) in [7, 11) is 1.52. The molecule has 0 aliphatic rings. The first-order chi connectivity index (χ1) is 15.5. The lowest BCUT2D eigenvalue weighted by Gasteiger charge is -2.12. The van der Waals surface area contributed by atoms with Crippen LogP contribution in [0, 0.1) is 6.92 Å². The first kappa shape index (κ1) is 24.2. The van der Waals surface area contributed by atoms with Crippen LogP contribution in [0.2, 0.25) is 0 Å². The maximum atomic E-state index is 13.3. The Morgan fingerprint density at radius 3 is 2.30 bits per heavy atom. The highest BCUT2D eigenvalue weighted by atomic mass is 19.4. The van der Waals surface area contributed by atoms with Crippen LogP contribution in [0.15, 0.2) is 42.5 Å². The van der Waals surface area contributed by atoms with E-state index in [0.717, 1.165) is 18.6 Å². The largest absolute Gasteiger partial charge is 0.573 e. The average Bonchev–Trinajstić information content (AvgIpc) is 3.03. The van der Waals surface area contributed by atoms with Crippen molar-refractivity contribution in [2.45, 2.75) is 46.0 Å². The van der Waals surface area contributed by atoms with Crippen LogP contribution < -0.4 is 14.8 Å². The molecule has 1 unspecified atom stereocenters. The number of fused-ring (bicyclic) bond motifs is 1. The summed E-state index contributed by atoms with van der Waals surface area (Å²) >= 11 is 0. The van der Waals surface area contributed by atoms with E-state index < -0.39 is 18.0 Å². The van der Waals surface area contributed by atoms with Crippen LogP contribution in [-0.2, 0) is 11.2 Å². The summed E-state index contributed by atoms with van der Waals surface area (Å²) in [5, 5.41) is 3.61. The number of ether oxygens (including phenoxy) is 2. The number of alkyl halides is 3. The molecule has 3 rings (SSSR count). The monoisotopic (exact) mass is 462 g/mol. The van der Waals surface area contributed by atoms with Crippen LogP contribution in [0.3, 0.4) is 0 Å². The van der Waals surface area contributed by atoms with Crippen molar-refractivity contribution in [2.24, 2.45) is 0 Å². The molecular weight excluding hydrogens is 437 g/mol. The normalized spacial score (nSPS) is 12.5. The SMILES string of the molecule is CCC(C)NC(=O)Cc1c(C)n(C(=O)c2ccc(OC(F)(F)F)cc2)c2ccc(OC)cc12. The molecule has 1 atom stereocenters. The molecule has 0 aliphatic heterocycles. The van der Waals surface area contributed by atoms with Crippen molar-refractivity contribution < 1.29 is 32.2 Å². The van der Waals surface area contributed by atoms with Crippen molar-refractivity contribution in [2.75, 3.05) is 7.11 Å². The predicted octanol–water partition coefficient (Wildman–Crippen LogP) is 5.00. The van der Waals surface area contributed by atoms with Gasteiger partial charge in [-0.1, -0.05) is 6.92 Å². The second-order valence-corrected chi connectivity index (χ2v) is 7.71. The molecule has 33 heavy (non-hydrogen) atoms. The fourth-order valence-corrected chi connectivity index (χ4v) is 3.59. The topological polar surface area (TPSA) is 69.6 Å². The minimum atomic E-state index is -4.82. The van der Waals surface area contributed by atoms with E-state index in [1.807, 2.05) is 13.8 Å². The molecule has 2 aromatic carbocycles. The number of methoxy groups -OCH3 is 1. The van der Waals surface area contributed by atoms with E-state index in [-0.39, 0.29) is 23.9 Å². The average molecular weight is 462 g/mol. The highest BCUT2D eigenvalue weighted by Gasteiger charge is 2.31. The predicted molar refractivity (Wildman–Crippen MR) is 118 cm³/mol. The minimum Gasteiger partial charge on any atom is -0.497 e. The van der Waals surface area contributed by atoms with E-state index in [1.54, 1.807) is 25.1 Å². The Hall–Kier alpha value is -3.49. The molecule has 0 radical (unpaired) electrons. The van der Waals surface area contributed by atoms with Crippen molar-refractivity contribution >= 4 is 22.7 Å². The summed E-state index contributed by atoms with van der Waals surface area (Å²) in [5.41, 5.74) is 1.99. The van der Waals surface area contributed by atoms with E-state index in [0.29, 0.717) is 27.9 Å². The van der Waals surface area contributed by atoms with Gasteiger partial charge < -0.3 is 14.8 Å². The molecule has 0 bridgehead atoms. The quantitative estimate of drug-likeness (QED) is 0.536. The second-order valence-electron chi connectivity index (χ2n) is 7.71. The van der Waals surface area contributed by atoms with Crippen molar-refractivity contribution in [1.29, 1.82) is 0 Å². The standard InChI is InChI=1S/C24H25F3N2O4/c1-5-14(2)28-22(30)13-19-15(3)29(21-11-10-18(32-4)12-20(19)21)23(31)16-6-8-17(9-7-16)33-24(25,26)27/h6-12,14H,5,13H2,1-4H3,(H,28,30). The van der Waals surface area contributed by atoms with Gasteiger partial charge in [0.2, 0.25) is 5.91 Å². The molecule has 3 aromatic rings. The summed E-state index contributed by atoms with van der Waals surface area (Å²) in [6, 6.07) is 9.92. The summed E-state index contributed by atoms with van der Waals surface area (Å²) in [6.07, 6.45) is -3.96. The zero-order valence-corrected chi connectivity index (χ0v) is 18.7. The molecule has 1 heterocycles. The smallest absolute Gasteiger partial charge is 0.497 e. The van der Waals surface area contributed by atoms with Crippen molar-refractivity contribution in [3.8, 4) is 11.5 Å². The number of halogens is 3. The molecule has 0 saturated heterocycles. The van der Waals surface area contributed by atoms with E-state index >= 15 is 0 Å². The summed E-state index contributed by atoms with van der Waals surface area (Å²) in [6.45, 7) is 5.61. The van der Waals surface area contributed by atoms with Gasteiger partial charge in [-0.3, -0.25) is 14.2 Å². The van der Waals surface area contributed by atoms with Gasteiger partial charge in [-0.05, 0) is 68.3 Å². The van der Waals surface area contributed by atoms with E-state index in [2.05, 4.69) is 10.1 Å². The first-order valence-electron chi connectivity index (χ1n) is 10.4. The Morgan fingerprint density at radius 2 is 1.73 bits per heavy atom. The molecule has 1 N–H and O–H groups in total. The molecule has 176 valence electrons. The minimum absolute atomic E-state index is 0.0137. The van der Waals surface area contributed by atoms with Crippen LogP contribution in [-0.4, -0.2) is 35.9 Å². The molecular formula is C24H25F3N2O4. The van der Waals surface area contributed by atoms with Crippen LogP contribution in [0.5, 0.6) is 11.5 Å². The number of benzene rings is 2. The second kappa shape index (κ2) is 9.56. The van der Waals surface area contributed by atoms with E-state index in [9.17, 15) is 22.8 Å². The van der Waals surface area contributed by atoms with Gasteiger partial charge in [0.1, 0.15) is 11.5 Å². The van der Waals surface area contributed by atoms with Gasteiger partial charge in [0.25, 0.3) is 5.91 Å². The molecule has 0 saturated carbocycles. The molecule has 0 fully saturated rings. The van der Waals surface area contributed by atoms with Gasteiger partial charge in [-0.15, -0.1) is 13.2 Å². The highest BCUT2D eigenvalue weighted by Crippen LogP contribution is 2.31. The van der Waals surface area contributed by atoms with Gasteiger partial charge in [-0.2, -0.15) is 0 Å². The number of carbonyl (C=O) groups is 2. The van der Waals surface area contributed by atoms with Gasteiger partial charge in [0, 0.05) is 22.7 Å². The summed E-state index contributed by atoms with van der Waals surface area (Å²) < 4.78 is 47.9. The maximum absolute atomic E-state index is 13.3. The molecule has 1 aromatic heterocycles. The lowest BCUT2D eigenvalue weighted by molar-refractivity contribution is -0.274. The molecule has 1 amide bonds. The zero-order chi connectivity index (χ0) is 24.3. The number of nitrogens with one attached hydrogen (secondary N) is 1. The van der Waals surface area contributed by atoms with Crippen LogP contribution in [0.4, 0.5) is 13.2 Å². The number of amides is 1. The number of hydrogen-bond donors (Lipinski definition) is 1. The molecule has 0 aliphatic carbocycles. The van der Waals surface area contributed by atoms with Crippen LogP contribution in [0.25, 0.3) is 10.9 Å². The van der Waals surface area contributed by atoms with E-state index in [1.165, 1.54) is 23.8 Å². The Labute approximate surface area is 189 Å². The third kappa shape index (κ3) is 5.47. The Kier molecular flexibility index (Phi) is 7.00. The van der Waals surface area contributed by atoms with Gasteiger partial charge in [-0.25, -0.2) is 0 Å². The third-order valence-corrected chi connectivity index (χ3v) is 5.44. The zero-order valence-electron chi connectivity index (χ0n) is 18.7. The number of hydrogen-bond acceptors (Lipinski definition) is 4. The van der Waals surface area contributed by atoms with Crippen molar-refractivity contribution in [3.05, 3.63) is 59.3 Å². The van der Waals surface area contributed by atoms with Gasteiger partial charge >= 0.3 is 6.36 Å². The highest BCUT2D eigenvalue weighted by molar-refractivity contribution is 6.05. The van der Waals surface area contributed by atoms with Gasteiger partial charge in [0.15, 0.2) is 0 Å². The Bertz CT molecular complexity index is 1170. The van der Waals surface area contributed by atoms with Crippen LogP contribution in [0.1, 0.15) is 41.9 Å². The first-order valence-corrected chi connectivity index (χ1v) is 10.4. The number of carbonyl (C=O) groups excluding carboxylic acids is 2. The van der Waals surface area contributed by atoms with E-state index in [4.69, 9.17) is 4.74 Å². The molecule has 6 nitrogen and oxygen atoms in total. The lowest BCUT2D eigenvalue weighted by Crippen LogP contribution is -2.33. The molecule has 0 spiro atoms. The van der Waals surface area contributed by atoms with Crippen LogP contribution >= 0.6 is 0 Å². The van der Waals surface area contributed by atoms with Crippen molar-refractivity contribution in [3.63, 3.8) is 0 Å². The fourth-order valence-electron chi connectivity index (χ4n) is 3.59. The number of rotatable bonds is 7. The fraction of sp³-hybridized carbons (Fsp3) is 0.333. The number of aromatic nitrogens is 1. The molecule has 9 heteroatoms.